The molecule has 0 N–H and O–H groups in total. The molecule has 56 heavy (non-hydrogen) atoms. The normalized spacial score (nSPS) is 11.6. The highest BCUT2D eigenvalue weighted by atomic mass is 16.3. The first-order chi connectivity index (χ1) is 27.8. The summed E-state index contributed by atoms with van der Waals surface area (Å²) >= 11 is 0. The smallest absolute Gasteiger partial charge is 0.164 e. The van der Waals surface area contributed by atoms with Crippen molar-refractivity contribution in [2.24, 2.45) is 0 Å². The number of rotatable bonds is 6. The first kappa shape index (κ1) is 31.9. The Morgan fingerprint density at radius 1 is 0.357 bits per heavy atom. The van der Waals surface area contributed by atoms with Crippen LogP contribution in [0.3, 0.4) is 0 Å². The van der Waals surface area contributed by atoms with E-state index in [0.29, 0.717) is 17.5 Å². The molecule has 5 heteroatoms. The quantitative estimate of drug-likeness (QED) is 0.172. The molecule has 0 saturated carbocycles. The van der Waals surface area contributed by atoms with Gasteiger partial charge in [0.1, 0.15) is 5.58 Å². The zero-order chi connectivity index (χ0) is 37.0. The summed E-state index contributed by atoms with van der Waals surface area (Å²) in [5.41, 5.74) is 12.0. The van der Waals surface area contributed by atoms with E-state index in [2.05, 4.69) is 126 Å². The summed E-state index contributed by atoms with van der Waals surface area (Å²) in [4.78, 5) is 15.3. The Morgan fingerprint density at radius 3 is 1.48 bits per heavy atom. The molecule has 8 aromatic carbocycles. The van der Waals surface area contributed by atoms with Crippen LogP contribution >= 0.6 is 0 Å². The lowest BCUT2D eigenvalue weighted by Crippen LogP contribution is -2.00. The molecular formula is C51H32N4O. The van der Waals surface area contributed by atoms with E-state index in [9.17, 15) is 0 Å². The second-order valence-electron chi connectivity index (χ2n) is 14.0. The Balaban J connectivity index is 1.23. The summed E-state index contributed by atoms with van der Waals surface area (Å²) in [6.07, 6.45) is 0. The van der Waals surface area contributed by atoms with Gasteiger partial charge >= 0.3 is 0 Å². The van der Waals surface area contributed by atoms with Gasteiger partial charge in [-0.25, -0.2) is 15.0 Å². The van der Waals surface area contributed by atoms with Crippen LogP contribution in [-0.2, 0) is 0 Å². The topological polar surface area (TPSA) is 56.7 Å². The monoisotopic (exact) mass is 716 g/mol. The molecule has 11 rings (SSSR count). The molecule has 0 spiro atoms. The van der Waals surface area contributed by atoms with Gasteiger partial charge in [-0.2, -0.15) is 0 Å². The third kappa shape index (κ3) is 5.29. The molecule has 0 saturated heterocycles. The molecule has 0 radical (unpaired) electrons. The fraction of sp³-hybridized carbons (Fsp3) is 0. The molecule has 11 aromatic rings. The standard InChI is InChI=1S/C51H32N4O/c1-4-16-33(17-5-1)36-22-14-23-37(30-36)38-31-42-47-41(51-53-49(34-18-6-2-7-19-34)52-50(54-51)35-20-8-3-9-21-35)26-15-29-46(47)56-48(42)45(32-38)55-43-27-12-10-24-39(43)40-25-11-13-28-44(40)55/h1-32H. The minimum atomic E-state index is 0.584. The first-order valence-electron chi connectivity index (χ1n) is 18.8. The molecular weight excluding hydrogens is 685 g/mol. The Morgan fingerprint density at radius 2 is 0.857 bits per heavy atom. The van der Waals surface area contributed by atoms with E-state index in [1.54, 1.807) is 0 Å². The van der Waals surface area contributed by atoms with E-state index in [1.807, 2.05) is 72.8 Å². The first-order valence-corrected chi connectivity index (χ1v) is 18.8. The summed E-state index contributed by atoms with van der Waals surface area (Å²) in [7, 11) is 0. The SMILES string of the molecule is c1ccc(-c2cccc(-c3cc(-n4c5ccccc5c5ccccc54)c4oc5cccc(-c6nc(-c7ccccc7)nc(-c7ccccc7)n6)c5c4c3)c2)cc1. The largest absolute Gasteiger partial charge is 0.454 e. The molecule has 0 unspecified atom stereocenters. The van der Waals surface area contributed by atoms with E-state index in [0.717, 1.165) is 72.0 Å². The molecule has 3 heterocycles. The van der Waals surface area contributed by atoms with Crippen LogP contribution in [0.15, 0.2) is 199 Å². The van der Waals surface area contributed by atoms with Crippen molar-refractivity contribution in [2.75, 3.05) is 0 Å². The highest BCUT2D eigenvalue weighted by molar-refractivity contribution is 6.16. The number of aromatic nitrogens is 4. The van der Waals surface area contributed by atoms with Crippen molar-refractivity contribution >= 4 is 43.7 Å². The number of hydrogen-bond donors (Lipinski definition) is 0. The second kappa shape index (κ2) is 13.0. The van der Waals surface area contributed by atoms with Crippen molar-refractivity contribution in [1.29, 1.82) is 0 Å². The minimum Gasteiger partial charge on any atom is -0.454 e. The van der Waals surface area contributed by atoms with Gasteiger partial charge in [0.15, 0.2) is 23.1 Å². The third-order valence-corrected chi connectivity index (χ3v) is 10.6. The fourth-order valence-corrected chi connectivity index (χ4v) is 8.05. The Kier molecular flexibility index (Phi) is 7.42. The second-order valence-corrected chi connectivity index (χ2v) is 14.0. The average molecular weight is 717 g/mol. The Labute approximate surface area is 322 Å². The van der Waals surface area contributed by atoms with Gasteiger partial charge in [-0.3, -0.25) is 0 Å². The maximum Gasteiger partial charge on any atom is 0.164 e. The van der Waals surface area contributed by atoms with Crippen molar-refractivity contribution < 1.29 is 4.42 Å². The average Bonchev–Trinajstić information content (AvgIpc) is 3.83. The lowest BCUT2D eigenvalue weighted by molar-refractivity contribution is 0.666. The van der Waals surface area contributed by atoms with Gasteiger partial charge < -0.3 is 8.98 Å². The van der Waals surface area contributed by atoms with Crippen LogP contribution in [0.4, 0.5) is 0 Å². The molecule has 0 aliphatic heterocycles. The number of hydrogen-bond acceptors (Lipinski definition) is 4. The highest BCUT2D eigenvalue weighted by Crippen LogP contribution is 2.43. The summed E-state index contributed by atoms with van der Waals surface area (Å²) in [5.74, 6) is 1.81. The van der Waals surface area contributed by atoms with Gasteiger partial charge in [-0.1, -0.05) is 158 Å². The highest BCUT2D eigenvalue weighted by Gasteiger charge is 2.23. The number of benzene rings is 8. The zero-order valence-electron chi connectivity index (χ0n) is 30.2. The number of nitrogens with zero attached hydrogens (tertiary/aromatic N) is 4. The predicted molar refractivity (Wildman–Crippen MR) is 229 cm³/mol. The van der Waals surface area contributed by atoms with Gasteiger partial charge in [0.2, 0.25) is 0 Å². The van der Waals surface area contributed by atoms with Crippen molar-refractivity contribution in [3.8, 4) is 62.1 Å². The third-order valence-electron chi connectivity index (χ3n) is 10.6. The van der Waals surface area contributed by atoms with Gasteiger partial charge in [0, 0.05) is 38.2 Å². The number of furan rings is 1. The summed E-state index contributed by atoms with van der Waals surface area (Å²) in [6.45, 7) is 0. The molecule has 262 valence electrons. The molecule has 0 bridgehead atoms. The molecule has 0 atom stereocenters. The number of fused-ring (bicyclic) bond motifs is 6. The van der Waals surface area contributed by atoms with Gasteiger partial charge in [0.25, 0.3) is 0 Å². The van der Waals surface area contributed by atoms with Gasteiger partial charge in [-0.15, -0.1) is 0 Å². The van der Waals surface area contributed by atoms with Crippen LogP contribution in [0, 0.1) is 0 Å². The van der Waals surface area contributed by atoms with Crippen molar-refractivity contribution in [3.63, 3.8) is 0 Å². The summed E-state index contributed by atoms with van der Waals surface area (Å²) in [6, 6.07) is 67.4. The maximum absolute atomic E-state index is 6.99. The molecule has 3 aromatic heterocycles. The van der Waals surface area contributed by atoms with Crippen LogP contribution in [0.2, 0.25) is 0 Å². The van der Waals surface area contributed by atoms with E-state index in [-0.39, 0.29) is 0 Å². The Bertz CT molecular complexity index is 3130. The van der Waals surface area contributed by atoms with Crippen molar-refractivity contribution in [1.82, 2.24) is 19.5 Å². The van der Waals surface area contributed by atoms with Crippen LogP contribution in [0.5, 0.6) is 0 Å². The molecule has 0 amide bonds. The van der Waals surface area contributed by atoms with Crippen molar-refractivity contribution in [3.05, 3.63) is 194 Å². The van der Waals surface area contributed by atoms with E-state index in [1.165, 1.54) is 16.3 Å². The fourth-order valence-electron chi connectivity index (χ4n) is 8.05. The van der Waals surface area contributed by atoms with Gasteiger partial charge in [0.05, 0.1) is 16.7 Å². The minimum absolute atomic E-state index is 0.584. The summed E-state index contributed by atoms with van der Waals surface area (Å²) < 4.78 is 9.34. The molecule has 0 aliphatic rings. The van der Waals surface area contributed by atoms with Crippen LogP contribution in [-0.4, -0.2) is 19.5 Å². The van der Waals surface area contributed by atoms with E-state index >= 15 is 0 Å². The van der Waals surface area contributed by atoms with E-state index < -0.39 is 0 Å². The lowest BCUT2D eigenvalue weighted by Gasteiger charge is -2.13. The van der Waals surface area contributed by atoms with Crippen LogP contribution in [0.1, 0.15) is 0 Å². The molecule has 5 nitrogen and oxygen atoms in total. The van der Waals surface area contributed by atoms with Gasteiger partial charge in [-0.05, 0) is 58.7 Å². The lowest BCUT2D eigenvalue weighted by atomic mass is 9.96. The molecule has 0 aliphatic carbocycles. The number of para-hydroxylation sites is 2. The Hall–Kier alpha value is -7.63. The predicted octanol–water partition coefficient (Wildman–Crippen LogP) is 13.2. The van der Waals surface area contributed by atoms with Crippen molar-refractivity contribution in [2.45, 2.75) is 0 Å². The van der Waals surface area contributed by atoms with Crippen LogP contribution < -0.4 is 0 Å². The molecule has 0 fully saturated rings. The van der Waals surface area contributed by atoms with Crippen LogP contribution in [0.25, 0.3) is 106 Å². The maximum atomic E-state index is 6.99. The zero-order valence-corrected chi connectivity index (χ0v) is 30.2. The summed E-state index contributed by atoms with van der Waals surface area (Å²) in [5, 5.41) is 4.32. The van der Waals surface area contributed by atoms with E-state index in [4.69, 9.17) is 19.4 Å².